The van der Waals surface area contributed by atoms with E-state index in [1.165, 1.54) is 5.01 Å². The summed E-state index contributed by atoms with van der Waals surface area (Å²) in [5.41, 5.74) is 5.03. The topological polar surface area (TPSA) is 79.6 Å². The number of aryl methyl sites for hydroxylation is 3. The highest BCUT2D eigenvalue weighted by Crippen LogP contribution is 2.25. The number of rotatable bonds is 4. The number of aromatic nitrogens is 2. The molecule has 0 spiro atoms. The Morgan fingerprint density at radius 1 is 1.22 bits per heavy atom. The fourth-order valence-electron chi connectivity index (χ4n) is 3.15. The molecule has 1 unspecified atom stereocenters. The molecule has 0 aliphatic carbocycles. The summed E-state index contributed by atoms with van der Waals surface area (Å²) in [6, 6.07) is 5.66. The third-order valence-corrected chi connectivity index (χ3v) is 4.97. The van der Waals surface area contributed by atoms with Gasteiger partial charge in [-0.3, -0.25) is 14.3 Å². The van der Waals surface area contributed by atoms with Crippen molar-refractivity contribution in [1.29, 1.82) is 0 Å². The first kappa shape index (κ1) is 18.8. The Balaban J connectivity index is 1.83. The fourth-order valence-corrected chi connectivity index (χ4v) is 3.15. The molecule has 2 heterocycles. The van der Waals surface area contributed by atoms with Gasteiger partial charge in [0.2, 0.25) is 5.91 Å². The van der Waals surface area contributed by atoms with Crippen molar-refractivity contribution >= 4 is 23.2 Å². The van der Waals surface area contributed by atoms with Crippen molar-refractivity contribution in [1.82, 2.24) is 15.1 Å². The minimum Gasteiger partial charge on any atom is -0.344 e. The summed E-state index contributed by atoms with van der Waals surface area (Å²) in [7, 11) is 1.87. The predicted molar refractivity (Wildman–Crippen MR) is 105 cm³/mol. The Kier molecular flexibility index (Phi) is 5.12. The number of hydrazone groups is 1. The highest BCUT2D eigenvalue weighted by atomic mass is 16.2. The van der Waals surface area contributed by atoms with Gasteiger partial charge in [-0.25, -0.2) is 5.01 Å². The Bertz CT molecular complexity index is 928. The van der Waals surface area contributed by atoms with Crippen LogP contribution in [0.3, 0.4) is 0 Å². The van der Waals surface area contributed by atoms with Crippen molar-refractivity contribution in [3.63, 3.8) is 0 Å². The largest absolute Gasteiger partial charge is 0.344 e. The Morgan fingerprint density at radius 3 is 2.63 bits per heavy atom. The zero-order valence-corrected chi connectivity index (χ0v) is 16.4. The van der Waals surface area contributed by atoms with Crippen LogP contribution >= 0.6 is 0 Å². The van der Waals surface area contributed by atoms with Crippen LogP contribution in [0.5, 0.6) is 0 Å². The SMILES string of the molecule is Cc1ccc(C)c(N2N=C(C(=O)NC(C)c3cnn(C)c3C)CCC2=O)c1. The van der Waals surface area contributed by atoms with Crippen LogP contribution in [0.25, 0.3) is 0 Å². The van der Waals surface area contributed by atoms with E-state index >= 15 is 0 Å². The first-order chi connectivity index (χ1) is 12.8. The molecular weight excluding hydrogens is 342 g/mol. The minimum atomic E-state index is -0.256. The molecule has 1 aliphatic rings. The first-order valence-electron chi connectivity index (χ1n) is 9.05. The molecule has 2 aromatic rings. The van der Waals surface area contributed by atoms with E-state index in [9.17, 15) is 9.59 Å². The molecule has 7 heteroatoms. The Hall–Kier alpha value is -2.96. The van der Waals surface area contributed by atoms with Gasteiger partial charge >= 0.3 is 0 Å². The van der Waals surface area contributed by atoms with Gasteiger partial charge in [-0.1, -0.05) is 12.1 Å². The zero-order chi connectivity index (χ0) is 19.7. The number of amides is 2. The van der Waals surface area contributed by atoms with Gasteiger partial charge in [-0.2, -0.15) is 10.2 Å². The van der Waals surface area contributed by atoms with Gasteiger partial charge in [-0.15, -0.1) is 0 Å². The normalized spacial score (nSPS) is 15.5. The second-order valence-corrected chi connectivity index (χ2v) is 7.05. The maximum atomic E-state index is 12.7. The number of anilines is 1. The maximum Gasteiger partial charge on any atom is 0.267 e. The van der Waals surface area contributed by atoms with Gasteiger partial charge in [0, 0.05) is 31.1 Å². The average Bonchev–Trinajstić information content (AvgIpc) is 2.96. The maximum absolute atomic E-state index is 12.7. The van der Waals surface area contributed by atoms with Gasteiger partial charge in [0.15, 0.2) is 0 Å². The second kappa shape index (κ2) is 7.34. The van der Waals surface area contributed by atoms with Gasteiger partial charge in [0.05, 0.1) is 17.9 Å². The molecule has 1 aromatic heterocycles. The van der Waals surface area contributed by atoms with Crippen LogP contribution in [0.2, 0.25) is 0 Å². The van der Waals surface area contributed by atoms with Crippen molar-refractivity contribution in [3.8, 4) is 0 Å². The van der Waals surface area contributed by atoms with E-state index < -0.39 is 0 Å². The van der Waals surface area contributed by atoms with Crippen LogP contribution < -0.4 is 10.3 Å². The van der Waals surface area contributed by atoms with Gasteiger partial charge in [0.1, 0.15) is 5.71 Å². The lowest BCUT2D eigenvalue weighted by Gasteiger charge is -2.25. The standard InChI is InChI=1S/C20H25N5O2/c1-12-6-7-13(2)18(10-12)25-19(26)9-8-17(23-25)20(27)22-14(3)16-11-21-24(5)15(16)4/h6-7,10-11,14H,8-9H2,1-5H3,(H,22,27). The smallest absolute Gasteiger partial charge is 0.267 e. The third-order valence-electron chi connectivity index (χ3n) is 4.97. The van der Waals surface area contributed by atoms with E-state index in [0.717, 1.165) is 28.1 Å². The van der Waals surface area contributed by atoms with Crippen LogP contribution in [0.15, 0.2) is 29.5 Å². The van der Waals surface area contributed by atoms with Crippen LogP contribution in [0.1, 0.15) is 48.2 Å². The average molecular weight is 367 g/mol. The number of nitrogens with zero attached hydrogens (tertiary/aromatic N) is 4. The van der Waals surface area contributed by atoms with Crippen molar-refractivity contribution in [2.45, 2.75) is 46.6 Å². The molecule has 0 radical (unpaired) electrons. The van der Waals surface area contributed by atoms with E-state index in [2.05, 4.69) is 15.5 Å². The van der Waals surface area contributed by atoms with E-state index in [1.807, 2.05) is 52.9 Å². The third kappa shape index (κ3) is 3.77. The lowest BCUT2D eigenvalue weighted by Crippen LogP contribution is -2.40. The Labute approximate surface area is 159 Å². The summed E-state index contributed by atoms with van der Waals surface area (Å²) in [4.78, 5) is 25.1. The number of hydrogen-bond donors (Lipinski definition) is 1. The van der Waals surface area contributed by atoms with E-state index in [1.54, 1.807) is 10.9 Å². The molecule has 3 rings (SSSR count). The molecule has 0 fully saturated rings. The van der Waals surface area contributed by atoms with Crippen LogP contribution in [0, 0.1) is 20.8 Å². The van der Waals surface area contributed by atoms with Gasteiger partial charge in [0.25, 0.3) is 5.91 Å². The fraction of sp³-hybridized carbons (Fsp3) is 0.400. The van der Waals surface area contributed by atoms with Crippen molar-refractivity contribution in [3.05, 3.63) is 46.8 Å². The van der Waals surface area contributed by atoms with Crippen molar-refractivity contribution in [2.24, 2.45) is 12.1 Å². The molecule has 1 aliphatic heterocycles. The molecular formula is C20H25N5O2. The summed E-state index contributed by atoms with van der Waals surface area (Å²) in [5.74, 6) is -0.357. The minimum absolute atomic E-state index is 0.101. The van der Waals surface area contributed by atoms with Crippen molar-refractivity contribution < 1.29 is 9.59 Å². The molecule has 0 saturated carbocycles. The molecule has 0 bridgehead atoms. The molecule has 0 saturated heterocycles. The molecule has 142 valence electrons. The molecule has 27 heavy (non-hydrogen) atoms. The highest BCUT2D eigenvalue weighted by molar-refractivity contribution is 6.40. The van der Waals surface area contributed by atoms with E-state index in [0.29, 0.717) is 12.1 Å². The summed E-state index contributed by atoms with van der Waals surface area (Å²) in [6.45, 7) is 7.77. The summed E-state index contributed by atoms with van der Waals surface area (Å²) in [6.07, 6.45) is 2.36. The van der Waals surface area contributed by atoms with Crippen molar-refractivity contribution in [2.75, 3.05) is 5.01 Å². The monoisotopic (exact) mass is 367 g/mol. The number of hydrogen-bond acceptors (Lipinski definition) is 4. The Morgan fingerprint density at radius 2 is 1.96 bits per heavy atom. The summed E-state index contributed by atoms with van der Waals surface area (Å²) < 4.78 is 1.77. The van der Waals surface area contributed by atoms with Crippen LogP contribution in [0.4, 0.5) is 5.69 Å². The highest BCUT2D eigenvalue weighted by Gasteiger charge is 2.27. The molecule has 7 nitrogen and oxygen atoms in total. The van der Waals surface area contributed by atoms with Crippen LogP contribution in [-0.4, -0.2) is 27.3 Å². The number of carbonyl (C=O) groups is 2. The lowest BCUT2D eigenvalue weighted by atomic mass is 10.1. The number of carbonyl (C=O) groups excluding carboxylic acids is 2. The molecule has 1 N–H and O–H groups in total. The lowest BCUT2D eigenvalue weighted by molar-refractivity contribution is -0.119. The number of nitrogens with one attached hydrogen (secondary N) is 1. The molecule has 1 atom stereocenters. The predicted octanol–water partition coefficient (Wildman–Crippen LogP) is 2.71. The second-order valence-electron chi connectivity index (χ2n) is 7.05. The van der Waals surface area contributed by atoms with Gasteiger partial charge in [-0.05, 0) is 44.9 Å². The van der Waals surface area contributed by atoms with E-state index in [-0.39, 0.29) is 24.3 Å². The molecule has 2 amide bonds. The summed E-state index contributed by atoms with van der Waals surface area (Å²) in [5, 5.41) is 12.9. The van der Waals surface area contributed by atoms with Gasteiger partial charge < -0.3 is 5.32 Å². The zero-order valence-electron chi connectivity index (χ0n) is 16.4. The first-order valence-corrected chi connectivity index (χ1v) is 9.05. The number of benzene rings is 1. The van der Waals surface area contributed by atoms with Crippen LogP contribution in [-0.2, 0) is 16.6 Å². The molecule has 1 aromatic carbocycles. The van der Waals surface area contributed by atoms with E-state index in [4.69, 9.17) is 0 Å². The summed E-state index contributed by atoms with van der Waals surface area (Å²) >= 11 is 0. The quantitative estimate of drug-likeness (QED) is 0.902.